The maximum atomic E-state index is 13.9. The number of methoxy groups -OCH3 is 1. The number of para-hydroxylation sites is 1. The molecule has 0 unspecified atom stereocenters. The van der Waals surface area contributed by atoms with Crippen molar-refractivity contribution >= 4 is 35.3 Å². The molecule has 3 saturated heterocycles. The van der Waals surface area contributed by atoms with Crippen molar-refractivity contribution in [2.24, 2.45) is 5.92 Å². The lowest BCUT2D eigenvalue weighted by atomic mass is 9.68. The van der Waals surface area contributed by atoms with Crippen LogP contribution in [0, 0.1) is 11.7 Å². The van der Waals surface area contributed by atoms with Gasteiger partial charge in [0.25, 0.3) is 5.91 Å². The lowest BCUT2D eigenvalue weighted by Gasteiger charge is -2.44. The van der Waals surface area contributed by atoms with Crippen LogP contribution in [0.4, 0.5) is 41.2 Å². The topological polar surface area (TPSA) is 145 Å². The van der Waals surface area contributed by atoms with Crippen LogP contribution in [0.5, 0.6) is 0 Å². The summed E-state index contributed by atoms with van der Waals surface area (Å²) in [4.78, 5) is 74.8. The third kappa shape index (κ3) is 20.4. The number of ketones is 1. The summed E-state index contributed by atoms with van der Waals surface area (Å²) in [6.07, 6.45) is -1.35. The van der Waals surface area contributed by atoms with Gasteiger partial charge in [-0.1, -0.05) is 123 Å². The van der Waals surface area contributed by atoms with Gasteiger partial charge in [-0.3, -0.25) is 24.5 Å². The van der Waals surface area contributed by atoms with E-state index in [1.54, 1.807) is 11.9 Å². The highest BCUT2D eigenvalue weighted by molar-refractivity contribution is 5.96. The molecule has 15 nitrogen and oxygen atoms in total. The number of likely N-dealkylation sites (N-methyl/N-ethyl adjacent to an activating group) is 2. The van der Waals surface area contributed by atoms with Gasteiger partial charge in [-0.05, 0) is 155 Å². The summed E-state index contributed by atoms with van der Waals surface area (Å²) >= 11 is 0. The molecule has 6 aromatic carbocycles. The molecule has 3 aliphatic heterocycles. The van der Waals surface area contributed by atoms with Gasteiger partial charge in [-0.15, -0.1) is 0 Å². The molecule has 6 aromatic rings. The normalized spacial score (nSPS) is 18.0. The average Bonchev–Trinajstić information content (AvgIpc) is 1.62. The van der Waals surface area contributed by atoms with E-state index in [9.17, 15) is 54.7 Å². The highest BCUT2D eigenvalue weighted by Gasteiger charge is 2.48. The van der Waals surface area contributed by atoms with E-state index in [1.807, 2.05) is 90.8 Å². The fourth-order valence-corrected chi connectivity index (χ4v) is 14.1. The standard InChI is InChI=1S/C43H59N5O6.C34H33F7N2O2/c1-45(32-34-20-22-36(23-21-34)40(49)18-13-27-46(2)42(51)33-53-4)26-12-6-9-19-41(50)47(3)30-31-48-28-24-37(25-29-48)54-43(52)44-39-17-11-10-16-38(39)35-14-7-5-8-15-35;1-22-16-23-4-2-3-5-29(23)31(22)10-13-42(14-11-31)15-12-32(25-6-8-28(35)9-7-25)20-43(21-45-32)30(44)24-17-26(33(36,37)38)19-27(18-24)34(39,40)41/h5,7-8,10-11,14-17,20-23,37H,6,9,12-13,18-19,24-33H2,1-4H3,(H,44,52);2-9,17-19,22H,10-16,20-21H2,1H3/t;22-,32-/m.0/s1. The lowest BCUT2D eigenvalue weighted by Crippen LogP contribution is -2.46. The number of halogens is 7. The van der Waals surface area contributed by atoms with Gasteiger partial charge in [-0.25, -0.2) is 9.18 Å². The number of hydrogen-bond donors (Lipinski definition) is 1. The van der Waals surface area contributed by atoms with Crippen molar-refractivity contribution in [3.63, 3.8) is 0 Å². The Bertz CT molecular complexity index is 3620. The number of fused-ring (bicyclic) bond motifs is 2. The van der Waals surface area contributed by atoms with E-state index in [0.29, 0.717) is 74.5 Å². The molecule has 3 fully saturated rings. The summed E-state index contributed by atoms with van der Waals surface area (Å²) in [6, 6.07) is 40.6. The molecule has 4 aliphatic rings. The fraction of sp³-hybridized carbons (Fsp3) is 0.468. The maximum absolute atomic E-state index is 13.9. The minimum absolute atomic E-state index is 0.00621. The van der Waals surface area contributed by atoms with E-state index in [1.165, 1.54) is 42.5 Å². The Kier molecular flexibility index (Phi) is 26.1. The monoisotopic (exact) mass is 1380 g/mol. The van der Waals surface area contributed by atoms with E-state index < -0.39 is 52.5 Å². The van der Waals surface area contributed by atoms with Crippen molar-refractivity contribution in [2.45, 2.75) is 120 Å². The number of nitrogens with zero attached hydrogens (tertiary/aromatic N) is 6. The first-order chi connectivity index (χ1) is 47.3. The molecule has 532 valence electrons. The minimum Gasteiger partial charge on any atom is -0.446 e. The molecule has 4 amide bonds. The number of rotatable bonds is 26. The smallest absolute Gasteiger partial charge is 0.416 e. The second-order valence-electron chi connectivity index (χ2n) is 26.9. The Labute approximate surface area is 576 Å². The van der Waals surface area contributed by atoms with Crippen molar-refractivity contribution in [1.29, 1.82) is 0 Å². The predicted octanol–water partition coefficient (Wildman–Crippen LogP) is 14.4. The van der Waals surface area contributed by atoms with E-state index in [-0.39, 0.29) is 55.1 Å². The quantitative estimate of drug-likeness (QED) is 0.0315. The number of carbonyl (C=O) groups excluding carboxylic acids is 5. The molecule has 1 N–H and O–H groups in total. The molecule has 0 radical (unpaired) electrons. The van der Waals surface area contributed by atoms with Gasteiger partial charge in [0.05, 0.1) is 23.4 Å². The van der Waals surface area contributed by atoms with Gasteiger partial charge in [-0.2, -0.15) is 26.3 Å². The van der Waals surface area contributed by atoms with Crippen LogP contribution >= 0.6 is 0 Å². The second kappa shape index (κ2) is 34.4. The molecule has 10 rings (SSSR count). The van der Waals surface area contributed by atoms with Crippen LogP contribution in [0.3, 0.4) is 0 Å². The number of carbonyl (C=O) groups is 5. The number of Topliss-reactive ketones (excluding diaryl/α,β-unsaturated/α-hetero) is 1. The summed E-state index contributed by atoms with van der Waals surface area (Å²) in [5.41, 5.74) is 3.11. The number of nitrogens with one attached hydrogen (secondary N) is 1. The van der Waals surface area contributed by atoms with E-state index in [2.05, 4.69) is 58.3 Å². The Balaban J connectivity index is 0.000000235. The van der Waals surface area contributed by atoms with Crippen LogP contribution in [0.25, 0.3) is 11.1 Å². The fourth-order valence-electron chi connectivity index (χ4n) is 14.1. The Morgan fingerprint density at radius 1 is 0.657 bits per heavy atom. The number of piperidine rings is 2. The first-order valence-electron chi connectivity index (χ1n) is 34.2. The van der Waals surface area contributed by atoms with Crippen LogP contribution in [-0.2, 0) is 60.1 Å². The van der Waals surface area contributed by atoms with Crippen LogP contribution in [0.1, 0.15) is 132 Å². The summed E-state index contributed by atoms with van der Waals surface area (Å²) < 4.78 is 112. The van der Waals surface area contributed by atoms with Crippen LogP contribution in [-0.4, -0.2) is 172 Å². The zero-order valence-corrected chi connectivity index (χ0v) is 57.3. The first kappa shape index (κ1) is 75.2. The highest BCUT2D eigenvalue weighted by Crippen LogP contribution is 2.50. The average molecular weight is 1380 g/mol. The number of unbranched alkanes of at least 4 members (excludes halogenated alkanes) is 2. The van der Waals surface area contributed by atoms with Crippen LogP contribution < -0.4 is 5.32 Å². The van der Waals surface area contributed by atoms with E-state index in [4.69, 9.17) is 14.2 Å². The third-order valence-electron chi connectivity index (χ3n) is 20.0. The lowest BCUT2D eigenvalue weighted by molar-refractivity contribution is -0.143. The second-order valence-corrected chi connectivity index (χ2v) is 26.9. The third-order valence-corrected chi connectivity index (χ3v) is 20.0. The van der Waals surface area contributed by atoms with Crippen molar-refractivity contribution in [1.82, 2.24) is 29.4 Å². The zero-order chi connectivity index (χ0) is 70.9. The number of hydrogen-bond acceptors (Lipinski definition) is 11. The van der Waals surface area contributed by atoms with Crippen LogP contribution in [0.15, 0.2) is 146 Å². The summed E-state index contributed by atoms with van der Waals surface area (Å²) in [7, 11) is 7.19. The number of ether oxygens (including phenoxy) is 3. The molecule has 1 spiro atoms. The molecule has 3 heterocycles. The minimum atomic E-state index is -5.08. The Morgan fingerprint density at radius 3 is 1.97 bits per heavy atom. The molecule has 22 heteroatoms. The number of amides is 4. The van der Waals surface area contributed by atoms with Gasteiger partial charge in [0, 0.05) is 102 Å². The van der Waals surface area contributed by atoms with Crippen molar-refractivity contribution in [3.8, 4) is 11.1 Å². The van der Waals surface area contributed by atoms with Gasteiger partial charge in [0.15, 0.2) is 5.78 Å². The molecular weight excluding hydrogens is 1280 g/mol. The molecule has 0 saturated carbocycles. The number of likely N-dealkylation sites (tertiary alicyclic amines) is 2. The van der Waals surface area contributed by atoms with Gasteiger partial charge in [0.1, 0.15) is 30.9 Å². The number of benzene rings is 6. The molecule has 0 aromatic heterocycles. The Hall–Kier alpha value is -8.02. The van der Waals surface area contributed by atoms with Gasteiger partial charge < -0.3 is 43.6 Å². The summed E-state index contributed by atoms with van der Waals surface area (Å²) in [6.45, 7) is 9.55. The molecular formula is C77H92F7N7O8. The predicted molar refractivity (Wildman–Crippen MR) is 366 cm³/mol. The molecule has 1 aliphatic carbocycles. The maximum Gasteiger partial charge on any atom is 0.416 e. The van der Waals surface area contributed by atoms with Crippen LogP contribution in [0.2, 0.25) is 0 Å². The highest BCUT2D eigenvalue weighted by atomic mass is 19.4. The van der Waals surface area contributed by atoms with Gasteiger partial charge >= 0.3 is 18.4 Å². The molecule has 2 atom stereocenters. The van der Waals surface area contributed by atoms with Crippen molar-refractivity contribution in [3.05, 3.63) is 196 Å². The van der Waals surface area contributed by atoms with Gasteiger partial charge in [0.2, 0.25) is 11.8 Å². The van der Waals surface area contributed by atoms with Crippen molar-refractivity contribution in [2.75, 3.05) is 112 Å². The first-order valence-corrected chi connectivity index (χ1v) is 34.2. The zero-order valence-electron chi connectivity index (χ0n) is 57.3. The Morgan fingerprint density at radius 2 is 1.29 bits per heavy atom. The number of anilines is 1. The molecule has 99 heavy (non-hydrogen) atoms. The van der Waals surface area contributed by atoms with Crippen molar-refractivity contribution < 1.29 is 68.9 Å². The summed E-state index contributed by atoms with van der Waals surface area (Å²) in [5, 5.41) is 2.94. The summed E-state index contributed by atoms with van der Waals surface area (Å²) in [5.74, 6) is -0.795. The largest absolute Gasteiger partial charge is 0.446 e. The SMILES string of the molecule is COCC(=O)N(C)CCCC(=O)c1ccc(CN(C)CCCCCC(=O)N(C)CCN2CCC(OC(=O)Nc3ccccc3-c3ccccc3)CC2)cc1.C[C@H]1Cc2ccccc2C12CCN(CC[C@@]1(c3ccc(F)cc3)CN(C(=O)c3cc(C(F)(F)F)cc(C(F)(F)F)c3)CO1)CC2. The van der Waals surface area contributed by atoms with E-state index >= 15 is 0 Å². The number of alkyl halides is 6. The molecule has 0 bridgehead atoms. The van der Waals surface area contributed by atoms with E-state index in [0.717, 1.165) is 124 Å².